The number of nitrogens with zero attached hydrogens (tertiary/aromatic N) is 2. The first-order valence-corrected chi connectivity index (χ1v) is 12.3. The number of fused-ring (bicyclic) bond motifs is 1. The molecule has 2 fully saturated rings. The molecule has 2 aromatic carbocycles. The second-order valence-corrected chi connectivity index (χ2v) is 10.6. The third-order valence-corrected chi connectivity index (χ3v) is 7.49. The smallest absolute Gasteiger partial charge is 0.253 e. The van der Waals surface area contributed by atoms with Crippen LogP contribution in [0.3, 0.4) is 0 Å². The topological polar surface area (TPSA) is 83.7 Å². The number of hydrogen-bond acceptors (Lipinski definition) is 5. The Morgan fingerprint density at radius 1 is 1.00 bits per heavy atom. The first kappa shape index (κ1) is 21.0. The van der Waals surface area contributed by atoms with Gasteiger partial charge in [-0.2, -0.15) is 0 Å². The molecular weight excluding hydrogens is 398 g/mol. The van der Waals surface area contributed by atoms with Crippen LogP contribution in [-0.2, 0) is 9.84 Å². The van der Waals surface area contributed by atoms with Gasteiger partial charge in [0.05, 0.1) is 4.90 Å². The molecule has 0 saturated carbocycles. The third kappa shape index (κ3) is 4.58. The number of likely N-dealkylation sites (tertiary alicyclic amines) is 2. The molecular formula is C23H29N3O3S. The quantitative estimate of drug-likeness (QED) is 0.764. The van der Waals surface area contributed by atoms with Crippen molar-refractivity contribution in [2.45, 2.75) is 17.4 Å². The van der Waals surface area contributed by atoms with Crippen LogP contribution in [0.1, 0.15) is 28.4 Å². The van der Waals surface area contributed by atoms with Gasteiger partial charge in [0.25, 0.3) is 5.91 Å². The number of hydrogen-bond donors (Lipinski definition) is 1. The maximum absolute atomic E-state index is 12.8. The lowest BCUT2D eigenvalue weighted by Crippen LogP contribution is -2.34. The van der Waals surface area contributed by atoms with Gasteiger partial charge in [-0.15, -0.1) is 0 Å². The maximum atomic E-state index is 12.8. The average Bonchev–Trinajstić information content (AvgIpc) is 3.30. The monoisotopic (exact) mass is 427 g/mol. The van der Waals surface area contributed by atoms with Crippen LogP contribution in [-0.4, -0.2) is 63.1 Å². The Morgan fingerprint density at radius 2 is 1.60 bits per heavy atom. The molecule has 0 radical (unpaired) electrons. The standard InChI is InChI=1S/C23H29N3O3S/c1-30(28,29)21-9-7-18(8-10-21)23(27)26-15-19-13-25(14-20(19)16-26)12-11-22(24)17-5-3-2-4-6-17/h2-10,19-20,22H,11-16,24H2,1H3/t19?,20?,22-/m0/s1. The minimum Gasteiger partial charge on any atom is -0.338 e. The van der Waals surface area contributed by atoms with E-state index in [1.54, 1.807) is 12.1 Å². The Morgan fingerprint density at radius 3 is 2.17 bits per heavy atom. The summed E-state index contributed by atoms with van der Waals surface area (Å²) in [5, 5.41) is 0. The van der Waals surface area contributed by atoms with E-state index in [2.05, 4.69) is 17.0 Å². The third-order valence-electron chi connectivity index (χ3n) is 6.36. The number of sulfone groups is 1. The van der Waals surface area contributed by atoms with E-state index in [0.29, 0.717) is 17.4 Å². The minimum atomic E-state index is -3.25. The molecule has 2 N–H and O–H groups in total. The lowest BCUT2D eigenvalue weighted by atomic mass is 10.0. The average molecular weight is 428 g/mol. The van der Waals surface area contributed by atoms with Crippen molar-refractivity contribution in [3.8, 4) is 0 Å². The molecule has 3 atom stereocenters. The molecule has 2 saturated heterocycles. The Hall–Kier alpha value is -2.22. The molecule has 2 aliphatic rings. The van der Waals surface area contributed by atoms with E-state index in [1.165, 1.54) is 24.0 Å². The number of amides is 1. The number of carbonyl (C=O) groups is 1. The maximum Gasteiger partial charge on any atom is 0.253 e. The first-order valence-electron chi connectivity index (χ1n) is 10.4. The highest BCUT2D eigenvalue weighted by Crippen LogP contribution is 2.32. The predicted molar refractivity (Wildman–Crippen MR) is 117 cm³/mol. The molecule has 0 bridgehead atoms. The molecule has 30 heavy (non-hydrogen) atoms. The van der Waals surface area contributed by atoms with Crippen molar-refractivity contribution in [3.63, 3.8) is 0 Å². The van der Waals surface area contributed by atoms with E-state index in [9.17, 15) is 13.2 Å². The Labute approximate surface area is 178 Å². The summed E-state index contributed by atoms with van der Waals surface area (Å²) in [6.45, 7) is 4.51. The predicted octanol–water partition coefficient (Wildman–Crippen LogP) is 2.18. The molecule has 2 aromatic rings. The van der Waals surface area contributed by atoms with Crippen LogP contribution in [0.25, 0.3) is 0 Å². The van der Waals surface area contributed by atoms with Gasteiger partial charge in [0, 0.05) is 44.0 Å². The van der Waals surface area contributed by atoms with Gasteiger partial charge in [-0.3, -0.25) is 4.79 Å². The van der Waals surface area contributed by atoms with Gasteiger partial charge in [-0.05, 0) is 54.6 Å². The van der Waals surface area contributed by atoms with E-state index in [-0.39, 0.29) is 16.8 Å². The molecule has 4 rings (SSSR count). The molecule has 2 aliphatic heterocycles. The summed E-state index contributed by atoms with van der Waals surface area (Å²) in [4.78, 5) is 17.5. The highest BCUT2D eigenvalue weighted by Gasteiger charge is 2.41. The largest absolute Gasteiger partial charge is 0.338 e. The molecule has 2 heterocycles. The lowest BCUT2D eigenvalue weighted by Gasteiger charge is -2.23. The molecule has 2 unspecified atom stereocenters. The Kier molecular flexibility index (Phi) is 5.95. The summed E-state index contributed by atoms with van der Waals surface area (Å²) in [7, 11) is -3.25. The fourth-order valence-electron chi connectivity index (χ4n) is 4.65. The van der Waals surface area contributed by atoms with E-state index in [1.807, 2.05) is 23.1 Å². The van der Waals surface area contributed by atoms with Gasteiger partial charge >= 0.3 is 0 Å². The van der Waals surface area contributed by atoms with Gasteiger partial charge in [0.1, 0.15) is 0 Å². The summed E-state index contributed by atoms with van der Waals surface area (Å²) in [6.07, 6.45) is 2.10. The molecule has 0 spiro atoms. The van der Waals surface area contributed by atoms with Crippen LogP contribution >= 0.6 is 0 Å². The molecule has 0 aliphatic carbocycles. The lowest BCUT2D eigenvalue weighted by molar-refractivity contribution is 0.0774. The Bertz CT molecular complexity index is 978. The van der Waals surface area contributed by atoms with Crippen molar-refractivity contribution >= 4 is 15.7 Å². The van der Waals surface area contributed by atoms with Crippen LogP contribution in [0.5, 0.6) is 0 Å². The summed E-state index contributed by atoms with van der Waals surface area (Å²) in [5.74, 6) is 0.983. The summed E-state index contributed by atoms with van der Waals surface area (Å²) < 4.78 is 23.2. The number of nitrogens with two attached hydrogens (primary N) is 1. The van der Waals surface area contributed by atoms with Crippen LogP contribution in [0.4, 0.5) is 0 Å². The van der Waals surface area contributed by atoms with Crippen molar-refractivity contribution in [1.82, 2.24) is 9.80 Å². The van der Waals surface area contributed by atoms with E-state index in [0.717, 1.165) is 39.1 Å². The van der Waals surface area contributed by atoms with Gasteiger partial charge < -0.3 is 15.5 Å². The van der Waals surface area contributed by atoms with Crippen molar-refractivity contribution in [3.05, 3.63) is 65.7 Å². The van der Waals surface area contributed by atoms with Crippen LogP contribution in [0, 0.1) is 11.8 Å². The van der Waals surface area contributed by atoms with Crippen LogP contribution < -0.4 is 5.73 Å². The van der Waals surface area contributed by atoms with Crippen molar-refractivity contribution in [2.24, 2.45) is 17.6 Å². The molecule has 160 valence electrons. The zero-order chi connectivity index (χ0) is 21.3. The highest BCUT2D eigenvalue weighted by molar-refractivity contribution is 7.90. The number of benzene rings is 2. The van der Waals surface area contributed by atoms with E-state index < -0.39 is 9.84 Å². The molecule has 7 heteroatoms. The zero-order valence-electron chi connectivity index (χ0n) is 17.3. The normalized spacial score (nSPS) is 22.8. The summed E-state index contributed by atoms with van der Waals surface area (Å²) >= 11 is 0. The SMILES string of the molecule is CS(=O)(=O)c1ccc(C(=O)N2CC3CN(CC[C@H](N)c4ccccc4)CC3C2)cc1. The van der Waals surface area contributed by atoms with E-state index >= 15 is 0 Å². The minimum absolute atomic E-state index is 0.0119. The molecule has 0 aromatic heterocycles. The number of carbonyl (C=O) groups excluding carboxylic acids is 1. The van der Waals surface area contributed by atoms with Crippen molar-refractivity contribution in [2.75, 3.05) is 39.0 Å². The van der Waals surface area contributed by atoms with Gasteiger partial charge in [-0.1, -0.05) is 30.3 Å². The van der Waals surface area contributed by atoms with E-state index in [4.69, 9.17) is 5.73 Å². The zero-order valence-corrected chi connectivity index (χ0v) is 18.1. The van der Waals surface area contributed by atoms with Gasteiger partial charge in [0.15, 0.2) is 9.84 Å². The summed E-state index contributed by atoms with van der Waals surface area (Å²) in [5.41, 5.74) is 8.06. The summed E-state index contributed by atoms with van der Waals surface area (Å²) in [6, 6.07) is 16.5. The van der Waals surface area contributed by atoms with Gasteiger partial charge in [-0.25, -0.2) is 8.42 Å². The second-order valence-electron chi connectivity index (χ2n) is 8.59. The second kappa shape index (κ2) is 8.49. The van der Waals surface area contributed by atoms with Gasteiger partial charge in [0.2, 0.25) is 0 Å². The highest BCUT2D eigenvalue weighted by atomic mass is 32.2. The van der Waals surface area contributed by atoms with Crippen LogP contribution in [0.2, 0.25) is 0 Å². The van der Waals surface area contributed by atoms with Crippen molar-refractivity contribution < 1.29 is 13.2 Å². The fourth-order valence-corrected chi connectivity index (χ4v) is 5.28. The molecule has 1 amide bonds. The number of rotatable bonds is 6. The van der Waals surface area contributed by atoms with Crippen LogP contribution in [0.15, 0.2) is 59.5 Å². The Balaban J connectivity index is 1.28. The first-order chi connectivity index (χ1) is 14.3. The molecule has 6 nitrogen and oxygen atoms in total. The fraction of sp³-hybridized carbons (Fsp3) is 0.435. The van der Waals surface area contributed by atoms with Crippen molar-refractivity contribution in [1.29, 1.82) is 0 Å².